The number of amides is 1. The predicted octanol–water partition coefficient (Wildman–Crippen LogP) is 4.63. The van der Waals surface area contributed by atoms with Gasteiger partial charge in [-0.3, -0.25) is 4.79 Å². The minimum atomic E-state index is 0.134. The van der Waals surface area contributed by atoms with E-state index in [1.165, 1.54) is 0 Å². The van der Waals surface area contributed by atoms with Gasteiger partial charge in [0.25, 0.3) is 0 Å². The predicted molar refractivity (Wildman–Crippen MR) is 114 cm³/mol. The van der Waals surface area contributed by atoms with Gasteiger partial charge < -0.3 is 19.6 Å². The van der Waals surface area contributed by atoms with E-state index in [4.69, 9.17) is 4.52 Å². The molecule has 30 heavy (non-hydrogen) atoms. The molecule has 1 heterocycles. The molecule has 0 aliphatic heterocycles. The highest BCUT2D eigenvalue weighted by Crippen LogP contribution is 2.40. The molecule has 0 unspecified atom stereocenters. The van der Waals surface area contributed by atoms with E-state index in [1.54, 1.807) is 53.4 Å². The first-order chi connectivity index (χ1) is 14.7. The summed E-state index contributed by atoms with van der Waals surface area (Å²) in [5.41, 5.74) is 3.55. The minimum Gasteiger partial charge on any atom is -0.508 e. The van der Waals surface area contributed by atoms with Crippen LogP contribution in [-0.2, 0) is 11.2 Å². The largest absolute Gasteiger partial charge is 0.508 e. The lowest BCUT2D eigenvalue weighted by Gasteiger charge is -2.18. The SMILES string of the molecule is O=CN(CCc1ccccc1)c1c(-c2ccc(O)cc2)noc1-c1ccc(O)cc1. The fourth-order valence-electron chi connectivity index (χ4n) is 3.27. The maximum Gasteiger partial charge on any atom is 0.214 e. The molecular weight excluding hydrogens is 380 g/mol. The summed E-state index contributed by atoms with van der Waals surface area (Å²) in [5, 5.41) is 23.4. The summed E-state index contributed by atoms with van der Waals surface area (Å²) >= 11 is 0. The average Bonchev–Trinajstić information content (AvgIpc) is 3.21. The molecule has 0 saturated heterocycles. The van der Waals surface area contributed by atoms with Crippen LogP contribution in [0.3, 0.4) is 0 Å². The number of anilines is 1. The molecule has 3 aromatic carbocycles. The van der Waals surface area contributed by atoms with E-state index in [1.807, 2.05) is 30.3 Å². The zero-order chi connectivity index (χ0) is 20.9. The van der Waals surface area contributed by atoms with E-state index in [0.717, 1.165) is 12.0 Å². The van der Waals surface area contributed by atoms with Crippen molar-refractivity contribution in [2.45, 2.75) is 6.42 Å². The quantitative estimate of drug-likeness (QED) is 0.442. The summed E-state index contributed by atoms with van der Waals surface area (Å²) in [7, 11) is 0. The van der Waals surface area contributed by atoms with Crippen LogP contribution >= 0.6 is 0 Å². The zero-order valence-electron chi connectivity index (χ0n) is 16.1. The van der Waals surface area contributed by atoms with Crippen molar-refractivity contribution in [2.24, 2.45) is 0 Å². The van der Waals surface area contributed by atoms with Gasteiger partial charge in [-0.2, -0.15) is 0 Å². The van der Waals surface area contributed by atoms with Crippen LogP contribution in [0.5, 0.6) is 11.5 Å². The average molecular weight is 400 g/mol. The van der Waals surface area contributed by atoms with Gasteiger partial charge >= 0.3 is 0 Å². The van der Waals surface area contributed by atoms with Crippen molar-refractivity contribution >= 4 is 12.1 Å². The molecule has 0 fully saturated rings. The molecule has 1 amide bonds. The van der Waals surface area contributed by atoms with Gasteiger partial charge in [0.15, 0.2) is 5.76 Å². The Morgan fingerprint density at radius 2 is 1.43 bits per heavy atom. The summed E-state index contributed by atoms with van der Waals surface area (Å²) in [5.74, 6) is 0.701. The number of aromatic hydroxyl groups is 2. The molecule has 4 aromatic rings. The van der Waals surface area contributed by atoms with Crippen molar-refractivity contribution in [3.8, 4) is 34.1 Å². The van der Waals surface area contributed by atoms with Gasteiger partial charge in [0.2, 0.25) is 6.41 Å². The molecule has 0 bridgehead atoms. The fourth-order valence-corrected chi connectivity index (χ4v) is 3.27. The van der Waals surface area contributed by atoms with E-state index in [0.29, 0.717) is 41.2 Å². The second kappa shape index (κ2) is 8.53. The number of phenolic OH excluding ortho intramolecular Hbond substituents is 2. The van der Waals surface area contributed by atoms with Crippen LogP contribution in [0, 0.1) is 0 Å². The van der Waals surface area contributed by atoms with Gasteiger partial charge in [-0.05, 0) is 60.5 Å². The summed E-state index contributed by atoms with van der Waals surface area (Å²) in [6.07, 6.45) is 1.43. The lowest BCUT2D eigenvalue weighted by molar-refractivity contribution is -0.107. The van der Waals surface area contributed by atoms with Gasteiger partial charge in [0.1, 0.15) is 22.9 Å². The molecule has 0 spiro atoms. The van der Waals surface area contributed by atoms with Crippen molar-refractivity contribution in [1.29, 1.82) is 0 Å². The Morgan fingerprint density at radius 3 is 2.03 bits per heavy atom. The molecule has 150 valence electrons. The third-order valence-corrected chi connectivity index (χ3v) is 4.84. The number of rotatable bonds is 7. The fraction of sp³-hybridized carbons (Fsp3) is 0.0833. The first-order valence-electron chi connectivity index (χ1n) is 9.50. The smallest absolute Gasteiger partial charge is 0.214 e. The summed E-state index contributed by atoms with van der Waals surface area (Å²) in [6.45, 7) is 0.435. The van der Waals surface area contributed by atoms with Crippen LogP contribution in [0.1, 0.15) is 5.56 Å². The molecule has 0 aliphatic carbocycles. The number of hydrogen-bond donors (Lipinski definition) is 2. The van der Waals surface area contributed by atoms with Crippen LogP contribution in [0.2, 0.25) is 0 Å². The Morgan fingerprint density at radius 1 is 0.833 bits per heavy atom. The Hall–Kier alpha value is -4.06. The topological polar surface area (TPSA) is 86.8 Å². The third kappa shape index (κ3) is 4.03. The maximum absolute atomic E-state index is 12.1. The molecule has 0 atom stereocenters. The van der Waals surface area contributed by atoms with Crippen LogP contribution < -0.4 is 4.90 Å². The molecule has 6 heteroatoms. The maximum atomic E-state index is 12.1. The second-order valence-corrected chi connectivity index (χ2v) is 6.84. The van der Waals surface area contributed by atoms with Crippen LogP contribution in [0.15, 0.2) is 83.4 Å². The van der Waals surface area contributed by atoms with E-state index < -0.39 is 0 Å². The normalized spacial score (nSPS) is 10.7. The lowest BCUT2D eigenvalue weighted by Crippen LogP contribution is -2.24. The van der Waals surface area contributed by atoms with E-state index in [-0.39, 0.29) is 11.5 Å². The van der Waals surface area contributed by atoms with Gasteiger partial charge in [-0.15, -0.1) is 0 Å². The third-order valence-electron chi connectivity index (χ3n) is 4.84. The molecule has 1 aromatic heterocycles. The Balaban J connectivity index is 1.76. The van der Waals surface area contributed by atoms with Crippen molar-refractivity contribution in [3.05, 3.63) is 84.4 Å². The Kier molecular flexibility index (Phi) is 5.48. The number of nitrogens with zero attached hydrogens (tertiary/aromatic N) is 2. The summed E-state index contributed by atoms with van der Waals surface area (Å²) < 4.78 is 5.65. The van der Waals surface area contributed by atoms with Gasteiger partial charge in [0.05, 0.1) is 0 Å². The van der Waals surface area contributed by atoms with Crippen LogP contribution in [0.25, 0.3) is 22.6 Å². The lowest BCUT2D eigenvalue weighted by atomic mass is 10.0. The Bertz CT molecular complexity index is 1060. The number of hydrogen-bond acceptors (Lipinski definition) is 5. The highest BCUT2D eigenvalue weighted by Gasteiger charge is 2.24. The summed E-state index contributed by atoms with van der Waals surface area (Å²) in [6, 6.07) is 23.0. The number of aromatic nitrogens is 1. The van der Waals surface area contributed by atoms with Gasteiger partial charge in [-0.25, -0.2) is 0 Å². The first kappa shape index (κ1) is 19.3. The zero-order valence-corrected chi connectivity index (χ0v) is 16.1. The molecule has 0 radical (unpaired) electrons. The van der Waals surface area contributed by atoms with Crippen molar-refractivity contribution in [1.82, 2.24) is 5.16 Å². The second-order valence-electron chi connectivity index (χ2n) is 6.84. The summed E-state index contributed by atoms with van der Waals surface area (Å²) in [4.78, 5) is 13.7. The molecule has 4 rings (SSSR count). The van der Waals surface area contributed by atoms with Crippen LogP contribution in [-0.4, -0.2) is 28.3 Å². The van der Waals surface area contributed by atoms with E-state index in [9.17, 15) is 15.0 Å². The van der Waals surface area contributed by atoms with Crippen molar-refractivity contribution in [3.63, 3.8) is 0 Å². The van der Waals surface area contributed by atoms with Gasteiger partial charge in [0, 0.05) is 17.7 Å². The van der Waals surface area contributed by atoms with Crippen molar-refractivity contribution in [2.75, 3.05) is 11.4 Å². The molecule has 0 saturated carbocycles. The monoisotopic (exact) mass is 400 g/mol. The van der Waals surface area contributed by atoms with E-state index in [2.05, 4.69) is 5.16 Å². The van der Waals surface area contributed by atoms with Gasteiger partial charge in [-0.1, -0.05) is 35.5 Å². The number of phenols is 2. The Labute approximate surface area is 173 Å². The van der Waals surface area contributed by atoms with E-state index >= 15 is 0 Å². The molecular formula is C24H20N2O4. The van der Waals surface area contributed by atoms with Crippen LogP contribution in [0.4, 0.5) is 5.69 Å². The highest BCUT2D eigenvalue weighted by atomic mass is 16.5. The number of carbonyl (C=O) groups is 1. The standard InChI is InChI=1S/C24H20N2O4/c27-16-26(15-14-17-4-2-1-3-5-17)23-22(18-6-10-20(28)11-7-18)25-30-24(23)19-8-12-21(29)13-9-19/h1-13,16,28-29H,14-15H2. The molecule has 2 N–H and O–H groups in total. The first-order valence-corrected chi connectivity index (χ1v) is 9.50. The molecule has 0 aliphatic rings. The highest BCUT2D eigenvalue weighted by molar-refractivity contribution is 5.93. The number of benzene rings is 3. The minimum absolute atomic E-state index is 0.134. The molecule has 6 nitrogen and oxygen atoms in total. The van der Waals surface area contributed by atoms with Crippen molar-refractivity contribution < 1.29 is 19.5 Å². The number of carbonyl (C=O) groups excluding carboxylic acids is 1.